The topological polar surface area (TPSA) is 73.6 Å². The second-order valence-electron chi connectivity index (χ2n) is 4.31. The number of carbonyl (C=O) groups excluding carboxylic acids is 1. The highest BCUT2D eigenvalue weighted by Crippen LogP contribution is 2.28. The van der Waals surface area contributed by atoms with Crippen molar-refractivity contribution in [2.45, 2.75) is 6.92 Å². The standard InChI is InChI=1S/C16H18N2O3/c1-3-21-13-9-5-4-8-12(13)18-16(19)15-11(17)7-6-10-14(15)20-2/h4-10H,3,17H2,1-2H3,(H,18,19). The SMILES string of the molecule is CCOc1ccccc1NC(=O)c1c(N)cccc1OC. The molecule has 0 saturated carbocycles. The fraction of sp³-hybridized carbons (Fsp3) is 0.188. The third kappa shape index (κ3) is 3.25. The summed E-state index contributed by atoms with van der Waals surface area (Å²) in [6.45, 7) is 2.40. The van der Waals surface area contributed by atoms with Crippen LogP contribution in [0, 0.1) is 0 Å². The summed E-state index contributed by atoms with van der Waals surface area (Å²) in [5.41, 5.74) is 7.14. The Hall–Kier alpha value is -2.69. The van der Waals surface area contributed by atoms with Gasteiger partial charge >= 0.3 is 0 Å². The van der Waals surface area contributed by atoms with Crippen molar-refractivity contribution in [3.8, 4) is 11.5 Å². The first kappa shape index (κ1) is 14.7. The largest absolute Gasteiger partial charge is 0.496 e. The molecule has 0 atom stereocenters. The van der Waals surface area contributed by atoms with Crippen LogP contribution >= 0.6 is 0 Å². The van der Waals surface area contributed by atoms with Crippen molar-refractivity contribution in [1.29, 1.82) is 0 Å². The average molecular weight is 286 g/mol. The summed E-state index contributed by atoms with van der Waals surface area (Å²) in [5.74, 6) is 0.709. The number of methoxy groups -OCH3 is 1. The molecular formula is C16H18N2O3. The Morgan fingerprint density at radius 1 is 1.14 bits per heavy atom. The number of amides is 1. The van der Waals surface area contributed by atoms with E-state index in [-0.39, 0.29) is 5.91 Å². The molecule has 0 fully saturated rings. The van der Waals surface area contributed by atoms with E-state index in [2.05, 4.69) is 5.32 Å². The van der Waals surface area contributed by atoms with E-state index < -0.39 is 0 Å². The number of hydrogen-bond acceptors (Lipinski definition) is 4. The molecule has 5 nitrogen and oxygen atoms in total. The highest BCUT2D eigenvalue weighted by molar-refractivity contribution is 6.10. The van der Waals surface area contributed by atoms with Gasteiger partial charge in [-0.1, -0.05) is 18.2 Å². The molecule has 2 rings (SSSR count). The van der Waals surface area contributed by atoms with E-state index >= 15 is 0 Å². The van der Waals surface area contributed by atoms with E-state index in [0.29, 0.717) is 35.0 Å². The minimum Gasteiger partial charge on any atom is -0.496 e. The molecule has 2 aromatic carbocycles. The van der Waals surface area contributed by atoms with Crippen molar-refractivity contribution in [2.75, 3.05) is 24.8 Å². The zero-order valence-corrected chi connectivity index (χ0v) is 12.1. The smallest absolute Gasteiger partial charge is 0.261 e. The summed E-state index contributed by atoms with van der Waals surface area (Å²) in [6.07, 6.45) is 0. The van der Waals surface area contributed by atoms with Gasteiger partial charge in [0.1, 0.15) is 17.1 Å². The first-order chi connectivity index (χ1) is 10.2. The maximum absolute atomic E-state index is 12.4. The summed E-state index contributed by atoms with van der Waals surface area (Å²) in [7, 11) is 1.50. The lowest BCUT2D eigenvalue weighted by molar-refractivity contribution is 0.102. The number of hydrogen-bond donors (Lipinski definition) is 2. The average Bonchev–Trinajstić information content (AvgIpc) is 2.49. The maximum Gasteiger partial charge on any atom is 0.261 e. The number of benzene rings is 2. The summed E-state index contributed by atoms with van der Waals surface area (Å²) in [4.78, 5) is 12.4. The van der Waals surface area contributed by atoms with Crippen LogP contribution in [0.25, 0.3) is 0 Å². The van der Waals surface area contributed by atoms with Crippen LogP contribution in [-0.4, -0.2) is 19.6 Å². The van der Waals surface area contributed by atoms with E-state index in [9.17, 15) is 4.79 Å². The fourth-order valence-corrected chi connectivity index (χ4v) is 2.00. The Balaban J connectivity index is 2.31. The van der Waals surface area contributed by atoms with Crippen LogP contribution < -0.4 is 20.5 Å². The van der Waals surface area contributed by atoms with Gasteiger partial charge in [0.25, 0.3) is 5.91 Å². The van der Waals surface area contributed by atoms with E-state index in [0.717, 1.165) is 0 Å². The lowest BCUT2D eigenvalue weighted by atomic mass is 10.1. The van der Waals surface area contributed by atoms with Gasteiger partial charge in [0.05, 0.1) is 19.4 Å². The highest BCUT2D eigenvalue weighted by Gasteiger charge is 2.17. The van der Waals surface area contributed by atoms with Gasteiger partial charge in [-0.2, -0.15) is 0 Å². The van der Waals surface area contributed by atoms with Crippen LogP contribution in [-0.2, 0) is 0 Å². The predicted octanol–water partition coefficient (Wildman–Crippen LogP) is 2.93. The molecule has 0 radical (unpaired) electrons. The molecule has 0 aliphatic carbocycles. The van der Waals surface area contributed by atoms with Crippen molar-refractivity contribution >= 4 is 17.3 Å². The van der Waals surface area contributed by atoms with Crippen LogP contribution in [0.2, 0.25) is 0 Å². The molecule has 0 aliphatic rings. The molecule has 3 N–H and O–H groups in total. The molecular weight excluding hydrogens is 268 g/mol. The summed E-state index contributed by atoms with van der Waals surface area (Å²) in [6, 6.07) is 12.3. The van der Waals surface area contributed by atoms with E-state index in [1.54, 1.807) is 30.3 Å². The van der Waals surface area contributed by atoms with Crippen LogP contribution in [0.4, 0.5) is 11.4 Å². The Morgan fingerprint density at radius 2 is 1.86 bits per heavy atom. The maximum atomic E-state index is 12.4. The second-order valence-corrected chi connectivity index (χ2v) is 4.31. The summed E-state index contributed by atoms with van der Waals surface area (Å²) < 4.78 is 10.7. The number of nitrogens with two attached hydrogens (primary N) is 1. The molecule has 5 heteroatoms. The number of carbonyl (C=O) groups is 1. The Morgan fingerprint density at radius 3 is 2.57 bits per heavy atom. The third-order valence-electron chi connectivity index (χ3n) is 2.94. The quantitative estimate of drug-likeness (QED) is 0.829. The Kier molecular flexibility index (Phi) is 4.66. The molecule has 0 spiro atoms. The molecule has 0 heterocycles. The monoisotopic (exact) mass is 286 g/mol. The van der Waals surface area contributed by atoms with Gasteiger partial charge in [-0.25, -0.2) is 0 Å². The molecule has 0 aliphatic heterocycles. The molecule has 0 bridgehead atoms. The van der Waals surface area contributed by atoms with Crippen molar-refractivity contribution in [1.82, 2.24) is 0 Å². The minimum absolute atomic E-state index is 0.311. The zero-order valence-electron chi connectivity index (χ0n) is 12.1. The van der Waals surface area contributed by atoms with Gasteiger partial charge in [-0.05, 0) is 31.2 Å². The van der Waals surface area contributed by atoms with Crippen LogP contribution in [0.1, 0.15) is 17.3 Å². The fourth-order valence-electron chi connectivity index (χ4n) is 2.00. The van der Waals surface area contributed by atoms with Gasteiger partial charge in [-0.15, -0.1) is 0 Å². The van der Waals surface area contributed by atoms with Crippen molar-refractivity contribution < 1.29 is 14.3 Å². The zero-order chi connectivity index (χ0) is 15.2. The number of rotatable bonds is 5. The Labute approximate surface area is 123 Å². The van der Waals surface area contributed by atoms with Gasteiger partial charge in [0, 0.05) is 5.69 Å². The number of para-hydroxylation sites is 2. The van der Waals surface area contributed by atoms with Gasteiger partial charge in [0.15, 0.2) is 0 Å². The van der Waals surface area contributed by atoms with Gasteiger partial charge < -0.3 is 20.5 Å². The molecule has 1 amide bonds. The van der Waals surface area contributed by atoms with Crippen LogP contribution in [0.5, 0.6) is 11.5 Å². The normalized spacial score (nSPS) is 10.0. The molecule has 2 aromatic rings. The van der Waals surface area contributed by atoms with Crippen LogP contribution in [0.15, 0.2) is 42.5 Å². The lowest BCUT2D eigenvalue weighted by Gasteiger charge is -2.14. The predicted molar refractivity (Wildman–Crippen MR) is 83.0 cm³/mol. The molecule has 21 heavy (non-hydrogen) atoms. The van der Waals surface area contributed by atoms with Crippen molar-refractivity contribution in [2.24, 2.45) is 0 Å². The highest BCUT2D eigenvalue weighted by atomic mass is 16.5. The molecule has 0 aromatic heterocycles. The first-order valence-electron chi connectivity index (χ1n) is 6.63. The van der Waals surface area contributed by atoms with E-state index in [4.69, 9.17) is 15.2 Å². The number of ether oxygens (including phenoxy) is 2. The molecule has 0 saturated heterocycles. The summed E-state index contributed by atoms with van der Waals surface area (Å²) in [5, 5.41) is 2.80. The number of anilines is 2. The van der Waals surface area contributed by atoms with Crippen molar-refractivity contribution in [3.63, 3.8) is 0 Å². The van der Waals surface area contributed by atoms with Gasteiger partial charge in [-0.3, -0.25) is 4.79 Å². The Bertz CT molecular complexity index is 641. The second kappa shape index (κ2) is 6.65. The summed E-state index contributed by atoms with van der Waals surface area (Å²) >= 11 is 0. The van der Waals surface area contributed by atoms with Crippen LogP contribution in [0.3, 0.4) is 0 Å². The molecule has 0 unspecified atom stereocenters. The third-order valence-corrected chi connectivity index (χ3v) is 2.94. The number of nitrogens with one attached hydrogen (secondary N) is 1. The van der Waals surface area contributed by atoms with E-state index in [1.165, 1.54) is 7.11 Å². The molecule has 110 valence electrons. The minimum atomic E-state index is -0.336. The number of nitrogen functional groups attached to an aromatic ring is 1. The first-order valence-corrected chi connectivity index (χ1v) is 6.63. The van der Waals surface area contributed by atoms with Gasteiger partial charge in [0.2, 0.25) is 0 Å². The van der Waals surface area contributed by atoms with E-state index in [1.807, 2.05) is 19.1 Å². The van der Waals surface area contributed by atoms with Crippen molar-refractivity contribution in [3.05, 3.63) is 48.0 Å². The lowest BCUT2D eigenvalue weighted by Crippen LogP contribution is -2.16.